The number of hydrogen-bond acceptors (Lipinski definition) is 7. The number of fused-ring (bicyclic) bond motifs is 1. The Hall–Kier alpha value is -2.89. The molecule has 0 saturated carbocycles. The van der Waals surface area contributed by atoms with Gasteiger partial charge in [-0.3, -0.25) is 9.69 Å². The van der Waals surface area contributed by atoms with Crippen LogP contribution in [0.1, 0.15) is 51.4 Å². The van der Waals surface area contributed by atoms with Gasteiger partial charge in [0.25, 0.3) is 5.91 Å². The Morgan fingerprint density at radius 2 is 1.78 bits per heavy atom. The average Bonchev–Trinajstić information content (AvgIpc) is 3.35. The zero-order valence-electron chi connectivity index (χ0n) is 20.1. The second kappa shape index (κ2) is 10.6. The molecule has 11 heteroatoms. The number of halogens is 2. The van der Waals surface area contributed by atoms with Crippen molar-refractivity contribution in [2.24, 2.45) is 5.92 Å². The van der Waals surface area contributed by atoms with Gasteiger partial charge in [0.15, 0.2) is 14.8 Å². The summed E-state index contributed by atoms with van der Waals surface area (Å²) in [5, 5.41) is 3.25. The standard InChI is InChI=1S/C25H27F2N3O4S2/c1-15(2)22-21-20(14-30(22)13-17-4-8-18(9-5-17)34-25(26)27)35-24(29-21)23(31)28-12-16-6-10-19(11-7-16)36(3,32)33/h4-11,15,22,25H,12-14H2,1-3H3,(H,28,31)/t22-/m0/s1. The minimum Gasteiger partial charge on any atom is -0.435 e. The summed E-state index contributed by atoms with van der Waals surface area (Å²) in [6, 6.07) is 13.0. The number of carbonyl (C=O) groups excluding carboxylic acids is 1. The van der Waals surface area contributed by atoms with Gasteiger partial charge >= 0.3 is 6.61 Å². The zero-order chi connectivity index (χ0) is 26.0. The Balaban J connectivity index is 1.40. The molecule has 0 unspecified atom stereocenters. The van der Waals surface area contributed by atoms with Crippen molar-refractivity contribution in [1.82, 2.24) is 15.2 Å². The van der Waals surface area contributed by atoms with Gasteiger partial charge in [-0.05, 0) is 41.3 Å². The molecule has 1 N–H and O–H groups in total. The van der Waals surface area contributed by atoms with Gasteiger partial charge in [0, 0.05) is 30.8 Å². The van der Waals surface area contributed by atoms with Crippen molar-refractivity contribution in [3.8, 4) is 5.75 Å². The van der Waals surface area contributed by atoms with Gasteiger partial charge < -0.3 is 10.1 Å². The van der Waals surface area contributed by atoms with Crippen molar-refractivity contribution in [3.63, 3.8) is 0 Å². The molecular formula is C25H27F2N3O4S2. The number of sulfone groups is 1. The number of carbonyl (C=O) groups is 1. The van der Waals surface area contributed by atoms with Crippen LogP contribution in [0.15, 0.2) is 53.4 Å². The predicted molar refractivity (Wildman–Crippen MR) is 133 cm³/mol. The molecule has 0 bridgehead atoms. The summed E-state index contributed by atoms with van der Waals surface area (Å²) in [4.78, 5) is 21.0. The largest absolute Gasteiger partial charge is 0.435 e. The van der Waals surface area contributed by atoms with Crippen LogP contribution in [0.2, 0.25) is 0 Å². The summed E-state index contributed by atoms with van der Waals surface area (Å²) in [6.45, 7) is 2.88. The van der Waals surface area contributed by atoms with Crippen LogP contribution in [-0.4, -0.2) is 37.1 Å². The normalized spacial score (nSPS) is 15.9. The Morgan fingerprint density at radius 3 is 2.36 bits per heavy atom. The Bertz CT molecular complexity index is 1320. The summed E-state index contributed by atoms with van der Waals surface area (Å²) in [5.74, 6) is 0.0997. The number of alkyl halides is 2. The fourth-order valence-electron chi connectivity index (χ4n) is 4.28. The van der Waals surface area contributed by atoms with E-state index >= 15 is 0 Å². The molecule has 1 atom stereocenters. The first-order valence-electron chi connectivity index (χ1n) is 11.4. The van der Waals surface area contributed by atoms with Crippen LogP contribution in [0.25, 0.3) is 0 Å². The highest BCUT2D eigenvalue weighted by Gasteiger charge is 2.36. The molecule has 0 spiro atoms. The topological polar surface area (TPSA) is 88.6 Å². The van der Waals surface area contributed by atoms with Crippen LogP contribution in [0, 0.1) is 5.92 Å². The lowest BCUT2D eigenvalue weighted by molar-refractivity contribution is -0.0498. The maximum atomic E-state index is 12.8. The van der Waals surface area contributed by atoms with Crippen LogP contribution in [-0.2, 0) is 29.5 Å². The van der Waals surface area contributed by atoms with Gasteiger partial charge in [0.2, 0.25) is 0 Å². The van der Waals surface area contributed by atoms with Crippen molar-refractivity contribution < 1.29 is 26.7 Å². The lowest BCUT2D eigenvalue weighted by Gasteiger charge is -2.27. The highest BCUT2D eigenvalue weighted by molar-refractivity contribution is 7.90. The summed E-state index contributed by atoms with van der Waals surface area (Å²) in [5.41, 5.74) is 2.66. The number of nitrogens with one attached hydrogen (secondary N) is 1. The van der Waals surface area contributed by atoms with Gasteiger partial charge in [-0.2, -0.15) is 8.78 Å². The third-order valence-electron chi connectivity index (χ3n) is 5.91. The highest BCUT2D eigenvalue weighted by Crippen LogP contribution is 2.41. The van der Waals surface area contributed by atoms with E-state index in [0.29, 0.717) is 18.1 Å². The molecule has 0 saturated heterocycles. The van der Waals surface area contributed by atoms with Crippen LogP contribution >= 0.6 is 11.3 Å². The summed E-state index contributed by atoms with van der Waals surface area (Å²) in [7, 11) is -3.27. The van der Waals surface area contributed by atoms with E-state index in [0.717, 1.165) is 28.0 Å². The second-order valence-electron chi connectivity index (χ2n) is 9.04. The Labute approximate surface area is 213 Å². The van der Waals surface area contributed by atoms with Crippen molar-refractivity contribution >= 4 is 27.1 Å². The Kier molecular flexibility index (Phi) is 7.72. The van der Waals surface area contributed by atoms with E-state index < -0.39 is 16.4 Å². The number of amides is 1. The van der Waals surface area contributed by atoms with E-state index in [9.17, 15) is 22.0 Å². The molecule has 1 amide bonds. The molecule has 0 fully saturated rings. The number of hydrogen-bond donors (Lipinski definition) is 1. The van der Waals surface area contributed by atoms with E-state index in [1.807, 2.05) is 0 Å². The number of benzene rings is 2. The van der Waals surface area contributed by atoms with Gasteiger partial charge in [0.05, 0.1) is 16.6 Å². The van der Waals surface area contributed by atoms with E-state index in [-0.39, 0.29) is 35.1 Å². The van der Waals surface area contributed by atoms with Crippen LogP contribution < -0.4 is 10.1 Å². The molecule has 36 heavy (non-hydrogen) atoms. The van der Waals surface area contributed by atoms with Gasteiger partial charge in [0.1, 0.15) is 5.75 Å². The first-order chi connectivity index (χ1) is 17.0. The molecule has 2 heterocycles. The predicted octanol–water partition coefficient (Wildman–Crippen LogP) is 4.79. The van der Waals surface area contributed by atoms with E-state index in [2.05, 4.69) is 33.8 Å². The highest BCUT2D eigenvalue weighted by atomic mass is 32.2. The van der Waals surface area contributed by atoms with Gasteiger partial charge in [-0.1, -0.05) is 38.1 Å². The average molecular weight is 536 g/mol. The summed E-state index contributed by atoms with van der Waals surface area (Å²) < 4.78 is 52.4. The molecule has 0 radical (unpaired) electrons. The maximum Gasteiger partial charge on any atom is 0.387 e. The molecular weight excluding hydrogens is 508 g/mol. The molecule has 4 rings (SSSR count). The summed E-state index contributed by atoms with van der Waals surface area (Å²) in [6.07, 6.45) is 1.15. The van der Waals surface area contributed by atoms with E-state index in [4.69, 9.17) is 0 Å². The fraction of sp³-hybridized carbons (Fsp3) is 0.360. The lowest BCUT2D eigenvalue weighted by atomic mass is 10.0. The van der Waals surface area contributed by atoms with Gasteiger partial charge in [-0.25, -0.2) is 13.4 Å². The first kappa shape index (κ1) is 26.2. The number of rotatable bonds is 9. The van der Waals surface area contributed by atoms with Crippen molar-refractivity contribution in [2.75, 3.05) is 6.26 Å². The monoisotopic (exact) mass is 535 g/mol. The number of ether oxygens (including phenoxy) is 1. The minimum atomic E-state index is -3.27. The smallest absolute Gasteiger partial charge is 0.387 e. The zero-order valence-corrected chi connectivity index (χ0v) is 21.7. The minimum absolute atomic E-state index is 0.0262. The van der Waals surface area contributed by atoms with E-state index in [1.165, 1.54) is 35.6 Å². The van der Waals surface area contributed by atoms with Crippen molar-refractivity contribution in [3.05, 3.63) is 75.2 Å². The van der Waals surface area contributed by atoms with Crippen LogP contribution in [0.4, 0.5) is 8.78 Å². The number of nitrogens with zero attached hydrogens (tertiary/aromatic N) is 2. The van der Waals surface area contributed by atoms with Crippen molar-refractivity contribution in [2.45, 2.75) is 51.0 Å². The SMILES string of the molecule is CC(C)[C@H]1c2nc(C(=O)NCc3ccc(S(C)(=O)=O)cc3)sc2CN1Cc1ccc(OC(F)F)cc1. The number of thiazole rings is 1. The third kappa shape index (κ3) is 6.08. The molecule has 3 aromatic rings. The third-order valence-corrected chi connectivity index (χ3v) is 8.10. The first-order valence-corrected chi connectivity index (χ1v) is 14.1. The van der Waals surface area contributed by atoms with Crippen molar-refractivity contribution in [1.29, 1.82) is 0 Å². The van der Waals surface area contributed by atoms with Crippen LogP contribution in [0.5, 0.6) is 5.75 Å². The number of aromatic nitrogens is 1. The molecule has 192 valence electrons. The van der Waals surface area contributed by atoms with Crippen LogP contribution in [0.3, 0.4) is 0 Å². The molecule has 1 aliphatic heterocycles. The maximum absolute atomic E-state index is 12.8. The Morgan fingerprint density at radius 1 is 1.14 bits per heavy atom. The molecule has 1 aromatic heterocycles. The quantitative estimate of drug-likeness (QED) is 0.424. The second-order valence-corrected chi connectivity index (χ2v) is 12.1. The molecule has 2 aromatic carbocycles. The molecule has 7 nitrogen and oxygen atoms in total. The lowest BCUT2D eigenvalue weighted by Crippen LogP contribution is -2.27. The molecule has 1 aliphatic rings. The fourth-order valence-corrected chi connectivity index (χ4v) is 5.95. The van der Waals surface area contributed by atoms with Gasteiger partial charge in [-0.15, -0.1) is 11.3 Å². The molecule has 0 aliphatic carbocycles. The van der Waals surface area contributed by atoms with E-state index in [1.54, 1.807) is 24.3 Å². The summed E-state index contributed by atoms with van der Waals surface area (Å²) >= 11 is 1.37.